The quantitative estimate of drug-likeness (QED) is 0.121. The number of rotatable bonds is 11. The molecule has 0 aliphatic carbocycles. The number of halogens is 1. The van der Waals surface area contributed by atoms with Gasteiger partial charge in [0.15, 0.2) is 23.0 Å². The molecule has 0 fully saturated rings. The zero-order chi connectivity index (χ0) is 29.3. The van der Waals surface area contributed by atoms with Crippen LogP contribution < -0.4 is 24.4 Å². The Morgan fingerprint density at radius 2 is 1.55 bits per heavy atom. The second kappa shape index (κ2) is 13.7. The number of carbonyl (C=O) groups excluding carboxylic acids is 1. The summed E-state index contributed by atoms with van der Waals surface area (Å²) in [4.78, 5) is 12.8. The molecule has 0 radical (unpaired) electrons. The van der Waals surface area contributed by atoms with Gasteiger partial charge < -0.3 is 18.9 Å². The first-order chi connectivity index (χ1) is 20.6. The fourth-order valence-electron chi connectivity index (χ4n) is 4.42. The molecule has 7 nitrogen and oxygen atoms in total. The minimum absolute atomic E-state index is 0.374. The van der Waals surface area contributed by atoms with Gasteiger partial charge in [0.1, 0.15) is 13.2 Å². The van der Waals surface area contributed by atoms with Crippen molar-refractivity contribution >= 4 is 38.8 Å². The van der Waals surface area contributed by atoms with Crippen molar-refractivity contribution in [1.29, 1.82) is 0 Å². The second-order valence-corrected chi connectivity index (χ2v) is 10.2. The van der Waals surface area contributed by atoms with Crippen LogP contribution in [0.5, 0.6) is 23.0 Å². The molecular formula is C34H29BrN2O5. The van der Waals surface area contributed by atoms with Gasteiger partial charge in [-0.1, -0.05) is 72.8 Å². The fraction of sp³-hybridized carbons (Fsp3) is 0.118. The third kappa shape index (κ3) is 6.90. The van der Waals surface area contributed by atoms with E-state index in [2.05, 4.69) is 44.7 Å². The fourth-order valence-corrected chi connectivity index (χ4v) is 4.99. The smallest absolute Gasteiger partial charge is 0.271 e. The van der Waals surface area contributed by atoms with Crippen LogP contribution in [0.15, 0.2) is 113 Å². The minimum Gasteiger partial charge on any atom is -0.493 e. The number of methoxy groups -OCH3 is 2. The van der Waals surface area contributed by atoms with E-state index in [1.807, 2.05) is 60.7 Å². The van der Waals surface area contributed by atoms with Crippen molar-refractivity contribution in [1.82, 2.24) is 5.43 Å². The number of hydrogen-bond donors (Lipinski definition) is 1. The van der Waals surface area contributed by atoms with Gasteiger partial charge in [-0.15, -0.1) is 0 Å². The molecule has 0 unspecified atom stereocenters. The predicted octanol–water partition coefficient (Wildman–Crippen LogP) is 7.54. The Hall–Kier alpha value is -4.82. The van der Waals surface area contributed by atoms with Crippen LogP contribution in [0.4, 0.5) is 0 Å². The van der Waals surface area contributed by atoms with Gasteiger partial charge in [-0.3, -0.25) is 4.79 Å². The van der Waals surface area contributed by atoms with Gasteiger partial charge in [-0.25, -0.2) is 5.43 Å². The molecule has 0 aliphatic rings. The summed E-state index contributed by atoms with van der Waals surface area (Å²) in [7, 11) is 3.11. The zero-order valence-electron chi connectivity index (χ0n) is 23.2. The molecule has 212 valence electrons. The third-order valence-electron chi connectivity index (χ3n) is 6.55. The maximum absolute atomic E-state index is 12.8. The predicted molar refractivity (Wildman–Crippen MR) is 168 cm³/mol. The van der Waals surface area contributed by atoms with E-state index in [1.54, 1.807) is 31.4 Å². The highest BCUT2D eigenvalue weighted by atomic mass is 79.9. The van der Waals surface area contributed by atoms with Gasteiger partial charge in [-0.05, 0) is 73.7 Å². The maximum Gasteiger partial charge on any atom is 0.271 e. The number of fused-ring (bicyclic) bond motifs is 1. The molecule has 8 heteroatoms. The first kappa shape index (κ1) is 28.7. The standard InChI is InChI=1S/C34H29BrN2O5/c1-39-31-19-26(15-16-30(31)41-21-23-9-4-3-5-10-23)34(38)37-36-20-24-17-29(35)33(32(18-24)40-2)42-22-27-13-8-12-25-11-6-7-14-28(25)27/h3-20H,21-22H2,1-2H3,(H,37,38)/b36-20+. The number of hydrogen-bond acceptors (Lipinski definition) is 6. The van der Waals surface area contributed by atoms with Crippen LogP contribution in [0.1, 0.15) is 27.0 Å². The Morgan fingerprint density at radius 1 is 0.786 bits per heavy atom. The average molecular weight is 626 g/mol. The summed E-state index contributed by atoms with van der Waals surface area (Å²) in [6.07, 6.45) is 1.54. The largest absolute Gasteiger partial charge is 0.493 e. The molecule has 5 aromatic rings. The lowest BCUT2D eigenvalue weighted by Gasteiger charge is -2.14. The molecule has 0 saturated carbocycles. The van der Waals surface area contributed by atoms with Crippen molar-refractivity contribution in [2.75, 3.05) is 14.2 Å². The van der Waals surface area contributed by atoms with Gasteiger partial charge in [0, 0.05) is 5.56 Å². The summed E-state index contributed by atoms with van der Waals surface area (Å²) in [5.41, 5.74) is 5.75. The van der Waals surface area contributed by atoms with Crippen molar-refractivity contribution in [3.63, 3.8) is 0 Å². The normalized spacial score (nSPS) is 10.9. The van der Waals surface area contributed by atoms with Crippen molar-refractivity contribution in [3.05, 3.63) is 130 Å². The molecule has 1 amide bonds. The van der Waals surface area contributed by atoms with Crippen LogP contribution >= 0.6 is 15.9 Å². The number of nitrogens with one attached hydrogen (secondary N) is 1. The van der Waals surface area contributed by atoms with Crippen molar-refractivity contribution in [2.24, 2.45) is 5.10 Å². The van der Waals surface area contributed by atoms with Gasteiger partial charge in [0.05, 0.1) is 24.9 Å². The molecule has 1 N–H and O–H groups in total. The highest BCUT2D eigenvalue weighted by Crippen LogP contribution is 2.37. The molecule has 5 rings (SSSR count). The topological polar surface area (TPSA) is 78.4 Å². The lowest BCUT2D eigenvalue weighted by molar-refractivity contribution is 0.0954. The van der Waals surface area contributed by atoms with Gasteiger partial charge >= 0.3 is 0 Å². The third-order valence-corrected chi connectivity index (χ3v) is 7.14. The van der Waals surface area contributed by atoms with Crippen LogP contribution in [0.3, 0.4) is 0 Å². The monoisotopic (exact) mass is 624 g/mol. The molecule has 42 heavy (non-hydrogen) atoms. The minimum atomic E-state index is -0.389. The lowest BCUT2D eigenvalue weighted by Crippen LogP contribution is -2.17. The molecule has 0 aromatic heterocycles. The summed E-state index contributed by atoms with van der Waals surface area (Å²) in [5, 5.41) is 6.43. The number of hydrazone groups is 1. The average Bonchev–Trinajstić information content (AvgIpc) is 3.03. The number of nitrogens with zero attached hydrogens (tertiary/aromatic N) is 1. The van der Waals surface area contributed by atoms with Crippen LogP contribution in [-0.2, 0) is 13.2 Å². The summed E-state index contributed by atoms with van der Waals surface area (Å²) >= 11 is 3.59. The summed E-state index contributed by atoms with van der Waals surface area (Å²) in [5.74, 6) is 1.72. The molecule has 0 spiro atoms. The van der Waals surface area contributed by atoms with Crippen LogP contribution in [0, 0.1) is 0 Å². The molecule has 5 aromatic carbocycles. The van der Waals surface area contributed by atoms with E-state index in [0.717, 1.165) is 21.9 Å². The van der Waals surface area contributed by atoms with Crippen molar-refractivity contribution in [2.45, 2.75) is 13.2 Å². The first-order valence-corrected chi connectivity index (χ1v) is 14.0. The number of ether oxygens (including phenoxy) is 4. The zero-order valence-corrected chi connectivity index (χ0v) is 24.8. The van der Waals surface area contributed by atoms with Gasteiger partial charge in [-0.2, -0.15) is 5.10 Å². The van der Waals surface area contributed by atoms with Crippen molar-refractivity contribution in [3.8, 4) is 23.0 Å². The SMILES string of the molecule is COc1cc(C(=O)N/N=C/c2cc(Br)c(OCc3cccc4ccccc34)c(OC)c2)ccc1OCc1ccccc1. The van der Waals surface area contributed by atoms with Crippen LogP contribution in [0.25, 0.3) is 10.8 Å². The number of amides is 1. The van der Waals surface area contributed by atoms with Crippen LogP contribution in [0.2, 0.25) is 0 Å². The number of benzene rings is 5. The van der Waals surface area contributed by atoms with E-state index in [9.17, 15) is 4.79 Å². The maximum atomic E-state index is 12.8. The molecule has 0 saturated heterocycles. The van der Waals surface area contributed by atoms with E-state index in [0.29, 0.717) is 51.8 Å². The second-order valence-electron chi connectivity index (χ2n) is 9.30. The summed E-state index contributed by atoms with van der Waals surface area (Å²) in [6.45, 7) is 0.762. The van der Waals surface area contributed by atoms with Gasteiger partial charge in [0.2, 0.25) is 0 Å². The van der Waals surface area contributed by atoms with Gasteiger partial charge in [0.25, 0.3) is 5.91 Å². The molecule has 0 aliphatic heterocycles. The Kier molecular flexibility index (Phi) is 9.36. The van der Waals surface area contributed by atoms with E-state index >= 15 is 0 Å². The van der Waals surface area contributed by atoms with E-state index < -0.39 is 0 Å². The van der Waals surface area contributed by atoms with Crippen LogP contribution in [-0.4, -0.2) is 26.3 Å². The Labute approximate surface area is 252 Å². The Balaban J connectivity index is 1.23. The summed E-state index contributed by atoms with van der Waals surface area (Å²) in [6, 6.07) is 32.8. The summed E-state index contributed by atoms with van der Waals surface area (Å²) < 4.78 is 23.8. The van der Waals surface area contributed by atoms with E-state index in [4.69, 9.17) is 18.9 Å². The van der Waals surface area contributed by atoms with E-state index in [1.165, 1.54) is 13.3 Å². The molecule has 0 bridgehead atoms. The Bertz CT molecular complexity index is 1720. The van der Waals surface area contributed by atoms with E-state index in [-0.39, 0.29) is 5.91 Å². The molecular weight excluding hydrogens is 596 g/mol. The highest BCUT2D eigenvalue weighted by molar-refractivity contribution is 9.10. The molecule has 0 atom stereocenters. The highest BCUT2D eigenvalue weighted by Gasteiger charge is 2.14. The van der Waals surface area contributed by atoms with Crippen molar-refractivity contribution < 1.29 is 23.7 Å². The lowest BCUT2D eigenvalue weighted by atomic mass is 10.1. The first-order valence-electron chi connectivity index (χ1n) is 13.2. The number of carbonyl (C=O) groups is 1. The Morgan fingerprint density at radius 3 is 2.36 bits per heavy atom. The molecule has 0 heterocycles.